The molecule has 1 saturated carbocycles. The van der Waals surface area contributed by atoms with Gasteiger partial charge in [-0.05, 0) is 57.0 Å². The Hall–Kier alpha value is -0.130. The molecule has 19 heavy (non-hydrogen) atoms. The minimum atomic E-state index is -3.04. The Bertz CT molecular complexity index is 404. The van der Waals surface area contributed by atoms with Crippen molar-refractivity contribution >= 4 is 10.0 Å². The summed E-state index contributed by atoms with van der Waals surface area (Å²) in [7, 11) is -3.04. The quantitative estimate of drug-likeness (QED) is 0.857. The van der Waals surface area contributed by atoms with Gasteiger partial charge in [0.2, 0.25) is 10.0 Å². The van der Waals surface area contributed by atoms with E-state index in [0.717, 1.165) is 45.3 Å². The molecule has 2 aliphatic heterocycles. The Morgan fingerprint density at radius 3 is 2.68 bits per heavy atom. The fraction of sp³-hybridized carbons (Fsp3) is 1.00. The molecular formula is C14H26N2O2S. The zero-order valence-electron chi connectivity index (χ0n) is 11.7. The predicted octanol–water partition coefficient (Wildman–Crippen LogP) is 1.58. The van der Waals surface area contributed by atoms with Gasteiger partial charge in [-0.15, -0.1) is 0 Å². The van der Waals surface area contributed by atoms with Gasteiger partial charge in [0.25, 0.3) is 0 Å². The van der Waals surface area contributed by atoms with E-state index >= 15 is 0 Å². The minimum Gasteiger partial charge on any atom is -0.316 e. The zero-order chi connectivity index (χ0) is 13.3. The van der Waals surface area contributed by atoms with Crippen molar-refractivity contribution in [2.24, 2.45) is 11.8 Å². The number of fused-ring (bicyclic) bond motifs is 1. The van der Waals surface area contributed by atoms with Crippen molar-refractivity contribution in [1.82, 2.24) is 9.62 Å². The summed E-state index contributed by atoms with van der Waals surface area (Å²) in [6.45, 7) is 2.70. The van der Waals surface area contributed by atoms with Crippen LogP contribution in [0.2, 0.25) is 0 Å². The zero-order valence-corrected chi connectivity index (χ0v) is 12.5. The highest BCUT2D eigenvalue weighted by molar-refractivity contribution is 7.89. The number of sulfonamides is 1. The molecule has 4 nitrogen and oxygen atoms in total. The lowest BCUT2D eigenvalue weighted by molar-refractivity contribution is 0.258. The molecule has 3 atom stereocenters. The number of hydrogen-bond donors (Lipinski definition) is 1. The van der Waals surface area contributed by atoms with Gasteiger partial charge in [0.15, 0.2) is 0 Å². The number of nitrogens with zero attached hydrogens (tertiary/aromatic N) is 1. The van der Waals surface area contributed by atoms with E-state index < -0.39 is 10.0 Å². The first-order valence-electron chi connectivity index (χ1n) is 7.87. The minimum absolute atomic E-state index is 0.321. The Kier molecular flexibility index (Phi) is 4.15. The summed E-state index contributed by atoms with van der Waals surface area (Å²) in [5, 5.41) is 3.32. The molecule has 2 heterocycles. The SMILES string of the molecule is O=S(=O)(CC1CCCNC1)N1CCC2CCCCC21. The molecular weight excluding hydrogens is 260 g/mol. The molecule has 3 unspecified atom stereocenters. The van der Waals surface area contributed by atoms with Crippen LogP contribution in [0, 0.1) is 11.8 Å². The fourth-order valence-corrected chi connectivity index (χ4v) is 6.31. The first-order chi connectivity index (χ1) is 9.17. The summed E-state index contributed by atoms with van der Waals surface area (Å²) in [5.74, 6) is 1.33. The van der Waals surface area contributed by atoms with Crippen LogP contribution in [0.3, 0.4) is 0 Å². The van der Waals surface area contributed by atoms with E-state index in [2.05, 4.69) is 5.32 Å². The third kappa shape index (κ3) is 2.98. The molecule has 3 aliphatic rings. The van der Waals surface area contributed by atoms with Crippen LogP contribution in [0.15, 0.2) is 0 Å². The van der Waals surface area contributed by atoms with Gasteiger partial charge >= 0.3 is 0 Å². The molecule has 1 aliphatic carbocycles. The second-order valence-electron chi connectivity index (χ2n) is 6.50. The van der Waals surface area contributed by atoms with Gasteiger partial charge in [0.1, 0.15) is 0 Å². The second kappa shape index (κ2) is 5.70. The van der Waals surface area contributed by atoms with Gasteiger partial charge in [-0.1, -0.05) is 12.8 Å². The molecule has 0 aromatic rings. The van der Waals surface area contributed by atoms with Gasteiger partial charge in [-0.2, -0.15) is 4.31 Å². The van der Waals surface area contributed by atoms with E-state index in [1.807, 2.05) is 4.31 Å². The molecule has 3 fully saturated rings. The van der Waals surface area contributed by atoms with Crippen molar-refractivity contribution in [1.29, 1.82) is 0 Å². The molecule has 0 bridgehead atoms. The van der Waals surface area contributed by atoms with Crippen molar-refractivity contribution in [3.8, 4) is 0 Å². The van der Waals surface area contributed by atoms with Gasteiger partial charge < -0.3 is 5.32 Å². The van der Waals surface area contributed by atoms with E-state index in [4.69, 9.17) is 0 Å². The Morgan fingerprint density at radius 2 is 1.89 bits per heavy atom. The molecule has 0 radical (unpaired) electrons. The summed E-state index contributed by atoms with van der Waals surface area (Å²) < 4.78 is 27.2. The van der Waals surface area contributed by atoms with Crippen LogP contribution in [0.25, 0.3) is 0 Å². The van der Waals surface area contributed by atoms with E-state index in [1.165, 1.54) is 19.3 Å². The van der Waals surface area contributed by atoms with Crippen LogP contribution in [0.4, 0.5) is 0 Å². The summed E-state index contributed by atoms with van der Waals surface area (Å²) in [5.41, 5.74) is 0. The van der Waals surface area contributed by atoms with Crippen molar-refractivity contribution in [2.75, 3.05) is 25.4 Å². The predicted molar refractivity (Wildman–Crippen MR) is 76.4 cm³/mol. The first-order valence-corrected chi connectivity index (χ1v) is 9.48. The summed E-state index contributed by atoms with van der Waals surface area (Å²) in [4.78, 5) is 0. The van der Waals surface area contributed by atoms with Crippen molar-refractivity contribution in [2.45, 2.75) is 51.0 Å². The normalized spacial score (nSPS) is 37.2. The van der Waals surface area contributed by atoms with E-state index in [1.54, 1.807) is 0 Å². The van der Waals surface area contributed by atoms with E-state index in [0.29, 0.717) is 23.6 Å². The lowest BCUT2D eigenvalue weighted by Gasteiger charge is -2.32. The van der Waals surface area contributed by atoms with Crippen molar-refractivity contribution < 1.29 is 8.42 Å². The highest BCUT2D eigenvalue weighted by Crippen LogP contribution is 2.38. The first kappa shape index (κ1) is 13.8. The number of nitrogens with one attached hydrogen (secondary N) is 1. The molecule has 110 valence electrons. The maximum atomic E-state index is 12.7. The monoisotopic (exact) mass is 286 g/mol. The molecule has 2 saturated heterocycles. The Balaban J connectivity index is 1.66. The number of hydrogen-bond acceptors (Lipinski definition) is 3. The van der Waals surface area contributed by atoms with Gasteiger partial charge in [0, 0.05) is 12.6 Å². The van der Waals surface area contributed by atoms with E-state index in [9.17, 15) is 8.42 Å². The van der Waals surface area contributed by atoms with E-state index in [-0.39, 0.29) is 0 Å². The molecule has 0 aromatic carbocycles. The Morgan fingerprint density at radius 1 is 1.05 bits per heavy atom. The Labute approximate surface area is 117 Å². The van der Waals surface area contributed by atoms with Gasteiger partial charge in [-0.3, -0.25) is 0 Å². The second-order valence-corrected chi connectivity index (χ2v) is 8.47. The van der Waals surface area contributed by atoms with Gasteiger partial charge in [0.05, 0.1) is 5.75 Å². The third-order valence-electron chi connectivity index (χ3n) is 5.16. The van der Waals surface area contributed by atoms with Gasteiger partial charge in [-0.25, -0.2) is 8.42 Å². The molecule has 0 aromatic heterocycles. The molecule has 1 N–H and O–H groups in total. The lowest BCUT2D eigenvalue weighted by atomic mass is 9.86. The average Bonchev–Trinajstić information content (AvgIpc) is 2.84. The largest absolute Gasteiger partial charge is 0.316 e. The molecule has 0 amide bonds. The molecule has 3 rings (SSSR count). The average molecular weight is 286 g/mol. The molecule has 5 heteroatoms. The van der Waals surface area contributed by atoms with Crippen LogP contribution in [0.5, 0.6) is 0 Å². The maximum absolute atomic E-state index is 12.7. The summed E-state index contributed by atoms with van der Waals surface area (Å²) in [6, 6.07) is 0.329. The molecule has 0 spiro atoms. The standard InChI is InChI=1S/C14H26N2O2S/c17-19(18,11-12-4-3-8-15-10-12)16-9-7-13-5-1-2-6-14(13)16/h12-15H,1-11H2. The number of rotatable bonds is 3. The van der Waals surface area contributed by atoms with Crippen molar-refractivity contribution in [3.05, 3.63) is 0 Å². The maximum Gasteiger partial charge on any atom is 0.214 e. The van der Waals surface area contributed by atoms with Crippen LogP contribution in [0.1, 0.15) is 44.9 Å². The summed E-state index contributed by atoms with van der Waals surface area (Å²) >= 11 is 0. The van der Waals surface area contributed by atoms with Crippen LogP contribution in [-0.2, 0) is 10.0 Å². The third-order valence-corrected chi connectivity index (χ3v) is 7.22. The number of piperidine rings is 1. The topological polar surface area (TPSA) is 49.4 Å². The highest BCUT2D eigenvalue weighted by atomic mass is 32.2. The van der Waals surface area contributed by atoms with Crippen molar-refractivity contribution in [3.63, 3.8) is 0 Å². The smallest absolute Gasteiger partial charge is 0.214 e. The summed E-state index contributed by atoms with van der Waals surface area (Å²) in [6.07, 6.45) is 8.10. The lowest BCUT2D eigenvalue weighted by Crippen LogP contribution is -2.43. The van der Waals surface area contributed by atoms with Crippen LogP contribution < -0.4 is 5.32 Å². The fourth-order valence-electron chi connectivity index (χ4n) is 4.17. The van der Waals surface area contributed by atoms with Crippen LogP contribution >= 0.6 is 0 Å². The van der Waals surface area contributed by atoms with Crippen LogP contribution in [-0.4, -0.2) is 44.2 Å². The highest BCUT2D eigenvalue weighted by Gasteiger charge is 2.42.